The summed E-state index contributed by atoms with van der Waals surface area (Å²) in [6, 6.07) is 0. The Morgan fingerprint density at radius 2 is 2.29 bits per heavy atom. The molecule has 0 radical (unpaired) electrons. The van der Waals surface area contributed by atoms with Gasteiger partial charge < -0.3 is 14.8 Å². The zero-order chi connectivity index (χ0) is 10.4. The number of nitrogens with zero attached hydrogens (tertiary/aromatic N) is 4. The molecule has 1 rings (SSSR count). The highest BCUT2D eigenvalue weighted by molar-refractivity contribution is 4.84. The smallest absolute Gasteiger partial charge is 0.146 e. The van der Waals surface area contributed by atoms with Crippen molar-refractivity contribution < 1.29 is 0 Å². The van der Waals surface area contributed by atoms with Crippen LogP contribution < -0.4 is 5.32 Å². The molecule has 0 amide bonds. The zero-order valence-electron chi connectivity index (χ0n) is 9.19. The highest BCUT2D eigenvalue weighted by Gasteiger charge is 2.00. The molecule has 1 aromatic heterocycles. The molecule has 80 valence electrons. The van der Waals surface area contributed by atoms with E-state index in [-0.39, 0.29) is 0 Å². The first-order valence-electron chi connectivity index (χ1n) is 4.96. The van der Waals surface area contributed by atoms with E-state index in [0.29, 0.717) is 0 Å². The Hall–Kier alpha value is -0.940. The van der Waals surface area contributed by atoms with Crippen LogP contribution in [0.2, 0.25) is 0 Å². The number of aryl methyl sites for hydroxylation is 1. The molecule has 0 aliphatic heterocycles. The molecule has 0 spiro atoms. The number of hydrogen-bond acceptors (Lipinski definition) is 4. The predicted molar refractivity (Wildman–Crippen MR) is 56.0 cm³/mol. The second kappa shape index (κ2) is 5.72. The van der Waals surface area contributed by atoms with E-state index in [9.17, 15) is 0 Å². The fraction of sp³-hybridized carbons (Fsp3) is 0.778. The van der Waals surface area contributed by atoms with Gasteiger partial charge in [-0.1, -0.05) is 0 Å². The Morgan fingerprint density at radius 3 is 2.93 bits per heavy atom. The number of aromatic nitrogens is 3. The molecule has 0 saturated carbocycles. The van der Waals surface area contributed by atoms with E-state index in [1.165, 1.54) is 0 Å². The minimum atomic E-state index is 0.793. The van der Waals surface area contributed by atoms with Crippen LogP contribution in [-0.4, -0.2) is 46.8 Å². The molecule has 0 bridgehead atoms. The lowest BCUT2D eigenvalue weighted by atomic mass is 10.5. The van der Waals surface area contributed by atoms with Gasteiger partial charge in [-0.05, 0) is 21.0 Å². The first kappa shape index (κ1) is 11.1. The van der Waals surface area contributed by atoms with E-state index < -0.39 is 0 Å². The van der Waals surface area contributed by atoms with Crippen molar-refractivity contribution in [3.63, 3.8) is 0 Å². The lowest BCUT2D eigenvalue weighted by Crippen LogP contribution is -2.27. The molecule has 5 nitrogen and oxygen atoms in total. The molecule has 0 aliphatic rings. The Kier molecular flexibility index (Phi) is 4.55. The van der Waals surface area contributed by atoms with Crippen LogP contribution in [0.25, 0.3) is 0 Å². The van der Waals surface area contributed by atoms with E-state index >= 15 is 0 Å². The topological polar surface area (TPSA) is 46.0 Å². The predicted octanol–water partition coefficient (Wildman–Crippen LogP) is -0.0508. The first-order valence-corrected chi connectivity index (χ1v) is 4.96. The maximum Gasteiger partial charge on any atom is 0.146 e. The van der Waals surface area contributed by atoms with Crippen LogP contribution in [0, 0.1) is 0 Å². The van der Waals surface area contributed by atoms with E-state index in [2.05, 4.69) is 41.4 Å². The van der Waals surface area contributed by atoms with Crippen LogP contribution in [0.3, 0.4) is 0 Å². The fourth-order valence-corrected chi connectivity index (χ4v) is 1.18. The molecular formula is C9H19N5. The molecule has 1 N–H and O–H groups in total. The van der Waals surface area contributed by atoms with Crippen molar-refractivity contribution in [2.45, 2.75) is 20.0 Å². The van der Waals surface area contributed by atoms with Crippen LogP contribution in [0.1, 0.15) is 12.7 Å². The van der Waals surface area contributed by atoms with Gasteiger partial charge in [-0.2, -0.15) is 0 Å². The molecule has 0 saturated heterocycles. The Labute approximate surface area is 85.1 Å². The monoisotopic (exact) mass is 197 g/mol. The molecule has 1 heterocycles. The van der Waals surface area contributed by atoms with Crippen LogP contribution >= 0.6 is 0 Å². The van der Waals surface area contributed by atoms with Crippen molar-refractivity contribution in [3.05, 3.63) is 12.2 Å². The molecule has 0 aliphatic carbocycles. The number of likely N-dealkylation sites (N-methyl/N-ethyl adjacent to an activating group) is 1. The summed E-state index contributed by atoms with van der Waals surface area (Å²) >= 11 is 0. The zero-order valence-corrected chi connectivity index (χ0v) is 9.19. The third kappa shape index (κ3) is 3.43. The van der Waals surface area contributed by atoms with Crippen molar-refractivity contribution in [2.24, 2.45) is 0 Å². The third-order valence-corrected chi connectivity index (χ3v) is 2.06. The number of rotatable bonds is 6. The van der Waals surface area contributed by atoms with Gasteiger partial charge in [0.2, 0.25) is 0 Å². The minimum Gasteiger partial charge on any atom is -0.317 e. The minimum absolute atomic E-state index is 0.793. The van der Waals surface area contributed by atoms with Crippen LogP contribution in [0.4, 0.5) is 0 Å². The summed E-state index contributed by atoms with van der Waals surface area (Å²) in [5.41, 5.74) is 0. The van der Waals surface area contributed by atoms with Crippen molar-refractivity contribution in [1.82, 2.24) is 25.0 Å². The van der Waals surface area contributed by atoms with Crippen molar-refractivity contribution in [2.75, 3.05) is 27.2 Å². The van der Waals surface area contributed by atoms with Crippen LogP contribution in [-0.2, 0) is 13.1 Å². The van der Waals surface area contributed by atoms with Crippen LogP contribution in [0.15, 0.2) is 6.33 Å². The summed E-state index contributed by atoms with van der Waals surface area (Å²) in [6.45, 7) is 5.83. The molecule has 5 heteroatoms. The van der Waals surface area contributed by atoms with Gasteiger partial charge in [-0.3, -0.25) is 0 Å². The summed E-state index contributed by atoms with van der Waals surface area (Å²) in [5, 5.41) is 11.2. The molecule has 14 heavy (non-hydrogen) atoms. The van der Waals surface area contributed by atoms with Gasteiger partial charge in [0, 0.05) is 19.6 Å². The van der Waals surface area contributed by atoms with E-state index in [4.69, 9.17) is 0 Å². The summed E-state index contributed by atoms with van der Waals surface area (Å²) in [4.78, 5) is 2.15. The van der Waals surface area contributed by atoms with Gasteiger partial charge >= 0.3 is 0 Å². The summed E-state index contributed by atoms with van der Waals surface area (Å²) < 4.78 is 2.04. The summed E-state index contributed by atoms with van der Waals surface area (Å²) in [6.07, 6.45) is 1.77. The lowest BCUT2D eigenvalue weighted by Gasteiger charge is -2.10. The SMILES string of the molecule is CCn1cnnc1CNCCN(C)C. The van der Waals surface area contributed by atoms with Crippen molar-refractivity contribution in [1.29, 1.82) is 0 Å². The molecule has 0 fully saturated rings. The van der Waals surface area contributed by atoms with Gasteiger partial charge in [0.15, 0.2) is 0 Å². The van der Waals surface area contributed by atoms with E-state index in [1.807, 2.05) is 4.57 Å². The summed E-state index contributed by atoms with van der Waals surface area (Å²) in [5.74, 6) is 1.01. The van der Waals surface area contributed by atoms with Gasteiger partial charge in [0.1, 0.15) is 12.2 Å². The van der Waals surface area contributed by atoms with Gasteiger partial charge in [-0.15, -0.1) is 10.2 Å². The maximum atomic E-state index is 4.04. The summed E-state index contributed by atoms with van der Waals surface area (Å²) in [7, 11) is 4.13. The standard InChI is InChI=1S/C9H19N5/c1-4-14-8-11-12-9(14)7-10-5-6-13(2)3/h8,10H,4-7H2,1-3H3. The normalized spacial score (nSPS) is 11.1. The number of nitrogens with one attached hydrogen (secondary N) is 1. The van der Waals surface area contributed by atoms with Gasteiger partial charge in [0.25, 0.3) is 0 Å². The van der Waals surface area contributed by atoms with Crippen molar-refractivity contribution in [3.8, 4) is 0 Å². The largest absolute Gasteiger partial charge is 0.317 e. The molecular weight excluding hydrogens is 178 g/mol. The average Bonchev–Trinajstić information content (AvgIpc) is 2.59. The Balaban J connectivity index is 2.24. The van der Waals surface area contributed by atoms with E-state index in [1.54, 1.807) is 6.33 Å². The molecule has 0 unspecified atom stereocenters. The van der Waals surface area contributed by atoms with Crippen molar-refractivity contribution >= 4 is 0 Å². The van der Waals surface area contributed by atoms with E-state index in [0.717, 1.165) is 32.0 Å². The quantitative estimate of drug-likeness (QED) is 0.649. The third-order valence-electron chi connectivity index (χ3n) is 2.06. The second-order valence-corrected chi connectivity index (χ2v) is 3.51. The first-order chi connectivity index (χ1) is 6.74. The molecule has 0 atom stereocenters. The van der Waals surface area contributed by atoms with Gasteiger partial charge in [-0.25, -0.2) is 0 Å². The Morgan fingerprint density at radius 1 is 1.50 bits per heavy atom. The van der Waals surface area contributed by atoms with Crippen LogP contribution in [0.5, 0.6) is 0 Å². The Bertz CT molecular complexity index is 255. The highest BCUT2D eigenvalue weighted by Crippen LogP contribution is 1.93. The number of hydrogen-bond donors (Lipinski definition) is 1. The highest BCUT2D eigenvalue weighted by atomic mass is 15.3. The van der Waals surface area contributed by atoms with Gasteiger partial charge in [0.05, 0.1) is 6.54 Å². The molecule has 0 aromatic carbocycles. The fourth-order valence-electron chi connectivity index (χ4n) is 1.18. The lowest BCUT2D eigenvalue weighted by molar-refractivity contribution is 0.397. The maximum absolute atomic E-state index is 4.04. The second-order valence-electron chi connectivity index (χ2n) is 3.51. The average molecular weight is 197 g/mol. The molecule has 1 aromatic rings.